The summed E-state index contributed by atoms with van der Waals surface area (Å²) in [5.41, 5.74) is 1.70. The summed E-state index contributed by atoms with van der Waals surface area (Å²) < 4.78 is 6.88. The van der Waals surface area contributed by atoms with Gasteiger partial charge in [-0.2, -0.15) is 0 Å². The maximum Gasteiger partial charge on any atom is 0.205 e. The molecule has 0 bridgehead atoms. The SMILES string of the molecule is Cc1nc(SCc2ncc(-c3cccc(Br)c3)o2)c2cccnc2n1. The molecule has 3 heterocycles. The van der Waals surface area contributed by atoms with Crippen molar-refractivity contribution in [1.82, 2.24) is 19.9 Å². The van der Waals surface area contributed by atoms with Crippen LogP contribution < -0.4 is 0 Å². The number of rotatable bonds is 4. The zero-order chi connectivity index (χ0) is 17.2. The Bertz CT molecular complexity index is 1050. The summed E-state index contributed by atoms with van der Waals surface area (Å²) in [7, 11) is 0. The molecule has 0 N–H and O–H groups in total. The predicted molar refractivity (Wildman–Crippen MR) is 101 cm³/mol. The first-order valence-corrected chi connectivity index (χ1v) is 9.40. The average molecular weight is 413 g/mol. The molecular formula is C18H13BrN4OS. The van der Waals surface area contributed by atoms with Gasteiger partial charge in [0, 0.05) is 16.2 Å². The first-order chi connectivity index (χ1) is 12.2. The highest BCUT2D eigenvalue weighted by Gasteiger charge is 2.11. The molecule has 25 heavy (non-hydrogen) atoms. The van der Waals surface area contributed by atoms with E-state index in [-0.39, 0.29) is 0 Å². The second-order valence-corrected chi connectivity index (χ2v) is 7.25. The van der Waals surface area contributed by atoms with Crippen molar-refractivity contribution in [3.8, 4) is 11.3 Å². The summed E-state index contributed by atoms with van der Waals surface area (Å²) in [6.07, 6.45) is 3.49. The lowest BCUT2D eigenvalue weighted by Crippen LogP contribution is -1.94. The molecule has 0 saturated carbocycles. The summed E-state index contributed by atoms with van der Waals surface area (Å²) in [5.74, 6) is 2.71. The van der Waals surface area contributed by atoms with Gasteiger partial charge >= 0.3 is 0 Å². The summed E-state index contributed by atoms with van der Waals surface area (Å²) >= 11 is 5.04. The van der Waals surface area contributed by atoms with Gasteiger partial charge in [0.15, 0.2) is 11.4 Å². The van der Waals surface area contributed by atoms with E-state index in [1.54, 1.807) is 24.2 Å². The van der Waals surface area contributed by atoms with Crippen LogP contribution in [0.15, 0.2) is 62.7 Å². The summed E-state index contributed by atoms with van der Waals surface area (Å²) in [6.45, 7) is 1.87. The van der Waals surface area contributed by atoms with Crippen molar-refractivity contribution in [2.75, 3.05) is 0 Å². The van der Waals surface area contributed by atoms with Gasteiger partial charge in [0.1, 0.15) is 10.9 Å². The van der Waals surface area contributed by atoms with E-state index in [9.17, 15) is 0 Å². The molecule has 0 spiro atoms. The first kappa shape index (κ1) is 16.2. The van der Waals surface area contributed by atoms with E-state index in [0.29, 0.717) is 23.1 Å². The van der Waals surface area contributed by atoms with E-state index in [1.165, 1.54) is 0 Å². The molecule has 0 fully saturated rings. The number of aromatic nitrogens is 4. The number of benzene rings is 1. The molecule has 0 aliphatic carbocycles. The van der Waals surface area contributed by atoms with Crippen molar-refractivity contribution in [3.05, 3.63) is 65.0 Å². The highest BCUT2D eigenvalue weighted by atomic mass is 79.9. The Balaban J connectivity index is 1.57. The number of halogens is 1. The van der Waals surface area contributed by atoms with Gasteiger partial charge in [-0.1, -0.05) is 39.8 Å². The molecule has 7 heteroatoms. The third-order valence-corrected chi connectivity index (χ3v) is 5.01. The second kappa shape index (κ2) is 6.93. The molecule has 4 aromatic rings. The lowest BCUT2D eigenvalue weighted by atomic mass is 10.2. The van der Waals surface area contributed by atoms with Crippen LogP contribution in [0.1, 0.15) is 11.7 Å². The molecule has 0 aliphatic rings. The van der Waals surface area contributed by atoms with E-state index in [4.69, 9.17) is 4.42 Å². The number of thioether (sulfide) groups is 1. The minimum atomic E-state index is 0.592. The molecule has 0 aliphatic heterocycles. The molecule has 124 valence electrons. The van der Waals surface area contributed by atoms with Gasteiger partial charge in [0.2, 0.25) is 5.89 Å². The quantitative estimate of drug-likeness (QED) is 0.345. The zero-order valence-corrected chi connectivity index (χ0v) is 15.7. The van der Waals surface area contributed by atoms with Gasteiger partial charge in [-0.25, -0.2) is 19.9 Å². The number of hydrogen-bond donors (Lipinski definition) is 0. The van der Waals surface area contributed by atoms with Crippen LogP contribution in [0.5, 0.6) is 0 Å². The molecule has 3 aromatic heterocycles. The van der Waals surface area contributed by atoms with E-state index in [1.807, 2.05) is 43.3 Å². The smallest absolute Gasteiger partial charge is 0.205 e. The molecule has 4 rings (SSSR count). The fraction of sp³-hybridized carbons (Fsp3) is 0.111. The number of pyridine rings is 1. The van der Waals surface area contributed by atoms with Crippen molar-refractivity contribution in [1.29, 1.82) is 0 Å². The lowest BCUT2D eigenvalue weighted by molar-refractivity contribution is 0.530. The number of nitrogens with zero attached hydrogens (tertiary/aromatic N) is 4. The highest BCUT2D eigenvalue weighted by Crippen LogP contribution is 2.29. The summed E-state index contributed by atoms with van der Waals surface area (Å²) in [4.78, 5) is 17.6. The number of fused-ring (bicyclic) bond motifs is 1. The minimum absolute atomic E-state index is 0.592. The maximum atomic E-state index is 5.88. The van der Waals surface area contributed by atoms with Gasteiger partial charge < -0.3 is 4.42 Å². The molecule has 0 saturated heterocycles. The number of hydrogen-bond acceptors (Lipinski definition) is 6. The third kappa shape index (κ3) is 3.57. The molecule has 0 amide bonds. The molecule has 0 unspecified atom stereocenters. The van der Waals surface area contributed by atoms with Crippen LogP contribution in [-0.2, 0) is 5.75 Å². The maximum absolute atomic E-state index is 5.88. The highest BCUT2D eigenvalue weighted by molar-refractivity contribution is 9.10. The van der Waals surface area contributed by atoms with Crippen molar-refractivity contribution in [3.63, 3.8) is 0 Å². The second-order valence-electron chi connectivity index (χ2n) is 5.37. The van der Waals surface area contributed by atoms with Crippen molar-refractivity contribution in [2.45, 2.75) is 17.7 Å². The van der Waals surface area contributed by atoms with Crippen LogP contribution in [0.3, 0.4) is 0 Å². The van der Waals surface area contributed by atoms with Crippen LogP contribution in [0.25, 0.3) is 22.4 Å². The lowest BCUT2D eigenvalue weighted by Gasteiger charge is -2.04. The van der Waals surface area contributed by atoms with Gasteiger partial charge in [0.05, 0.1) is 17.3 Å². The molecule has 1 aromatic carbocycles. The first-order valence-electron chi connectivity index (χ1n) is 7.62. The Hall–Kier alpha value is -2.25. The zero-order valence-electron chi connectivity index (χ0n) is 13.3. The van der Waals surface area contributed by atoms with E-state index in [0.717, 1.165) is 26.2 Å². The summed E-state index contributed by atoms with van der Waals surface area (Å²) in [5, 5.41) is 1.83. The molecule has 0 atom stereocenters. The Morgan fingerprint density at radius 2 is 2.04 bits per heavy atom. The Kier molecular flexibility index (Phi) is 4.50. The topological polar surface area (TPSA) is 64.7 Å². The van der Waals surface area contributed by atoms with Crippen molar-refractivity contribution in [2.24, 2.45) is 0 Å². The fourth-order valence-corrected chi connectivity index (χ4v) is 3.74. The van der Waals surface area contributed by atoms with E-state index in [2.05, 4.69) is 35.9 Å². The molecule has 5 nitrogen and oxygen atoms in total. The van der Waals surface area contributed by atoms with E-state index >= 15 is 0 Å². The normalized spacial score (nSPS) is 11.1. The monoisotopic (exact) mass is 412 g/mol. The Morgan fingerprint density at radius 1 is 1.12 bits per heavy atom. The molecule has 0 radical (unpaired) electrons. The van der Waals surface area contributed by atoms with Crippen molar-refractivity contribution < 1.29 is 4.42 Å². The minimum Gasteiger partial charge on any atom is -0.440 e. The number of oxazole rings is 1. The average Bonchev–Trinajstić information content (AvgIpc) is 3.08. The standard InChI is InChI=1S/C18H13BrN4OS/c1-11-22-17-14(6-3-7-20-17)18(23-11)25-10-16-21-9-15(24-16)12-4-2-5-13(19)8-12/h2-9H,10H2,1H3. The van der Waals surface area contributed by atoms with Gasteiger partial charge in [0.25, 0.3) is 0 Å². The molecular weight excluding hydrogens is 400 g/mol. The van der Waals surface area contributed by atoms with Crippen LogP contribution in [0.2, 0.25) is 0 Å². The van der Waals surface area contributed by atoms with Crippen LogP contribution in [0, 0.1) is 6.92 Å². The van der Waals surface area contributed by atoms with Gasteiger partial charge in [-0.05, 0) is 31.2 Å². The van der Waals surface area contributed by atoms with Gasteiger partial charge in [-0.15, -0.1) is 0 Å². The van der Waals surface area contributed by atoms with Crippen molar-refractivity contribution >= 4 is 38.7 Å². The van der Waals surface area contributed by atoms with Crippen LogP contribution in [0.4, 0.5) is 0 Å². The van der Waals surface area contributed by atoms with Gasteiger partial charge in [-0.3, -0.25) is 0 Å². The fourth-order valence-electron chi connectivity index (χ4n) is 2.43. The third-order valence-electron chi connectivity index (χ3n) is 3.54. The largest absolute Gasteiger partial charge is 0.440 e. The van der Waals surface area contributed by atoms with Crippen LogP contribution in [-0.4, -0.2) is 19.9 Å². The summed E-state index contributed by atoms with van der Waals surface area (Å²) in [6, 6.07) is 11.8. The Labute approximate surface area is 157 Å². The predicted octanol–water partition coefficient (Wildman–Crippen LogP) is 5.04. The Morgan fingerprint density at radius 3 is 2.92 bits per heavy atom. The number of aryl methyl sites for hydroxylation is 1. The van der Waals surface area contributed by atoms with E-state index < -0.39 is 0 Å². The van der Waals surface area contributed by atoms with Crippen LogP contribution >= 0.6 is 27.7 Å².